The van der Waals surface area contributed by atoms with Crippen LogP contribution in [0.4, 0.5) is 4.39 Å². The molecular weight excluding hydrogens is 235 g/mol. The number of hydrogen-bond acceptors (Lipinski definition) is 4. The van der Waals surface area contributed by atoms with E-state index in [9.17, 15) is 4.39 Å². The zero-order valence-electron chi connectivity index (χ0n) is 9.30. The smallest absolute Gasteiger partial charge is 0.181 e. The monoisotopic (exact) mass is 248 g/mol. The van der Waals surface area contributed by atoms with E-state index in [4.69, 9.17) is 21.1 Å². The molecule has 1 aromatic rings. The lowest BCUT2D eigenvalue weighted by atomic mass is 10.3. The van der Waals surface area contributed by atoms with Crippen LogP contribution in [0.25, 0.3) is 0 Å². The standard InChI is InChI=1S/C10H14ClFN2O2/c1-7-9(12)10(11)14-8(13-7)3-4-16-6-5-15-2/h3-6H2,1-2H3. The van der Waals surface area contributed by atoms with Crippen molar-refractivity contribution < 1.29 is 13.9 Å². The predicted molar refractivity (Wildman–Crippen MR) is 58.1 cm³/mol. The molecule has 1 aromatic heterocycles. The van der Waals surface area contributed by atoms with E-state index in [1.54, 1.807) is 14.0 Å². The minimum absolute atomic E-state index is 0.139. The predicted octanol–water partition coefficient (Wildman–Crippen LogP) is 1.78. The van der Waals surface area contributed by atoms with Crippen molar-refractivity contribution in [2.75, 3.05) is 26.9 Å². The van der Waals surface area contributed by atoms with Gasteiger partial charge in [0.15, 0.2) is 11.0 Å². The summed E-state index contributed by atoms with van der Waals surface area (Å²) in [6, 6.07) is 0. The maximum atomic E-state index is 13.1. The van der Waals surface area contributed by atoms with Gasteiger partial charge in [0.05, 0.1) is 25.5 Å². The van der Waals surface area contributed by atoms with Crippen molar-refractivity contribution in [1.29, 1.82) is 0 Å². The van der Waals surface area contributed by atoms with Crippen molar-refractivity contribution in [2.45, 2.75) is 13.3 Å². The molecule has 4 nitrogen and oxygen atoms in total. The normalized spacial score (nSPS) is 10.8. The highest BCUT2D eigenvalue weighted by atomic mass is 35.5. The fraction of sp³-hybridized carbons (Fsp3) is 0.600. The Morgan fingerprint density at radius 3 is 2.62 bits per heavy atom. The van der Waals surface area contributed by atoms with E-state index in [2.05, 4.69) is 9.97 Å². The Balaban J connectivity index is 2.43. The first-order valence-electron chi connectivity index (χ1n) is 4.90. The Hall–Kier alpha value is -0.780. The average molecular weight is 249 g/mol. The average Bonchev–Trinajstić information content (AvgIpc) is 2.25. The summed E-state index contributed by atoms with van der Waals surface area (Å²) in [5, 5.41) is -0.139. The number of ether oxygens (including phenoxy) is 2. The van der Waals surface area contributed by atoms with Crippen LogP contribution in [0.3, 0.4) is 0 Å². The minimum Gasteiger partial charge on any atom is -0.382 e. The van der Waals surface area contributed by atoms with Crippen molar-refractivity contribution in [3.05, 3.63) is 22.5 Å². The van der Waals surface area contributed by atoms with Gasteiger partial charge in [-0.3, -0.25) is 0 Å². The summed E-state index contributed by atoms with van der Waals surface area (Å²) in [6.07, 6.45) is 0.505. The molecule has 0 radical (unpaired) electrons. The van der Waals surface area contributed by atoms with Crippen LogP contribution in [-0.4, -0.2) is 36.9 Å². The Morgan fingerprint density at radius 1 is 1.25 bits per heavy atom. The second kappa shape index (κ2) is 6.73. The van der Waals surface area contributed by atoms with Gasteiger partial charge in [-0.1, -0.05) is 11.6 Å². The molecule has 0 aromatic carbocycles. The van der Waals surface area contributed by atoms with Crippen LogP contribution in [0, 0.1) is 12.7 Å². The molecule has 6 heteroatoms. The van der Waals surface area contributed by atoms with Gasteiger partial charge in [-0.15, -0.1) is 0 Å². The van der Waals surface area contributed by atoms with Crippen LogP contribution < -0.4 is 0 Å². The summed E-state index contributed by atoms with van der Waals surface area (Å²) < 4.78 is 23.2. The molecule has 0 saturated heterocycles. The number of rotatable bonds is 6. The summed E-state index contributed by atoms with van der Waals surface area (Å²) in [5.41, 5.74) is 0.256. The van der Waals surface area contributed by atoms with Gasteiger partial charge < -0.3 is 9.47 Å². The first-order chi connectivity index (χ1) is 7.65. The molecule has 0 amide bonds. The van der Waals surface area contributed by atoms with Crippen molar-refractivity contribution in [2.24, 2.45) is 0 Å². The zero-order valence-corrected chi connectivity index (χ0v) is 10.1. The highest BCUT2D eigenvalue weighted by Crippen LogP contribution is 2.13. The maximum absolute atomic E-state index is 13.1. The molecule has 0 N–H and O–H groups in total. The van der Waals surface area contributed by atoms with Crippen molar-refractivity contribution in [3.63, 3.8) is 0 Å². The van der Waals surface area contributed by atoms with Crippen LogP contribution in [0.15, 0.2) is 0 Å². The molecule has 16 heavy (non-hydrogen) atoms. The lowest BCUT2D eigenvalue weighted by Gasteiger charge is -2.04. The van der Waals surface area contributed by atoms with Crippen molar-refractivity contribution >= 4 is 11.6 Å². The van der Waals surface area contributed by atoms with Gasteiger partial charge in [0.2, 0.25) is 0 Å². The number of hydrogen-bond donors (Lipinski definition) is 0. The molecular formula is C10H14ClFN2O2. The lowest BCUT2D eigenvalue weighted by molar-refractivity contribution is 0.0716. The summed E-state index contributed by atoms with van der Waals surface area (Å²) in [6.45, 7) is 3.08. The van der Waals surface area contributed by atoms with Crippen LogP contribution >= 0.6 is 11.6 Å². The third kappa shape index (κ3) is 4.00. The molecule has 0 saturated carbocycles. The number of nitrogens with zero attached hydrogens (tertiary/aromatic N) is 2. The summed E-state index contributed by atoms with van der Waals surface area (Å²) >= 11 is 5.59. The molecule has 0 bridgehead atoms. The van der Waals surface area contributed by atoms with Crippen LogP contribution in [0.5, 0.6) is 0 Å². The first kappa shape index (κ1) is 13.3. The second-order valence-corrected chi connectivity index (χ2v) is 3.54. The lowest BCUT2D eigenvalue weighted by Crippen LogP contribution is -2.08. The molecule has 0 unspecified atom stereocenters. The number of halogens is 2. The van der Waals surface area contributed by atoms with E-state index in [1.807, 2.05) is 0 Å². The minimum atomic E-state index is -0.564. The quantitative estimate of drug-likeness (QED) is 0.569. The highest BCUT2D eigenvalue weighted by molar-refractivity contribution is 6.29. The number of aromatic nitrogens is 2. The Bertz CT molecular complexity index is 327. The van der Waals surface area contributed by atoms with E-state index >= 15 is 0 Å². The van der Waals surface area contributed by atoms with E-state index in [-0.39, 0.29) is 10.8 Å². The summed E-state index contributed by atoms with van der Waals surface area (Å²) in [7, 11) is 1.61. The van der Waals surface area contributed by atoms with Gasteiger partial charge >= 0.3 is 0 Å². The van der Waals surface area contributed by atoms with E-state index in [0.717, 1.165) is 0 Å². The summed E-state index contributed by atoms with van der Waals surface area (Å²) in [4.78, 5) is 7.79. The largest absolute Gasteiger partial charge is 0.382 e. The van der Waals surface area contributed by atoms with Gasteiger partial charge in [0.1, 0.15) is 5.82 Å². The second-order valence-electron chi connectivity index (χ2n) is 3.19. The van der Waals surface area contributed by atoms with Gasteiger partial charge in [0.25, 0.3) is 0 Å². The van der Waals surface area contributed by atoms with Gasteiger partial charge in [0, 0.05) is 13.5 Å². The van der Waals surface area contributed by atoms with Crippen molar-refractivity contribution in [1.82, 2.24) is 9.97 Å². The topological polar surface area (TPSA) is 44.2 Å². The molecule has 90 valence electrons. The van der Waals surface area contributed by atoms with Crippen molar-refractivity contribution in [3.8, 4) is 0 Å². The van der Waals surface area contributed by atoms with Crippen LogP contribution in [0.1, 0.15) is 11.5 Å². The molecule has 0 aliphatic rings. The molecule has 1 heterocycles. The van der Waals surface area contributed by atoms with E-state index in [0.29, 0.717) is 32.1 Å². The van der Waals surface area contributed by atoms with E-state index < -0.39 is 5.82 Å². The Labute approximate surface area is 98.8 Å². The SMILES string of the molecule is COCCOCCc1nc(C)c(F)c(Cl)n1. The third-order valence-electron chi connectivity index (χ3n) is 1.92. The first-order valence-corrected chi connectivity index (χ1v) is 5.28. The van der Waals surface area contributed by atoms with Crippen LogP contribution in [-0.2, 0) is 15.9 Å². The number of methoxy groups -OCH3 is 1. The Kier molecular flexibility index (Phi) is 5.59. The fourth-order valence-electron chi connectivity index (χ4n) is 1.10. The van der Waals surface area contributed by atoms with Crippen LogP contribution in [0.2, 0.25) is 5.15 Å². The molecule has 0 aliphatic carbocycles. The van der Waals surface area contributed by atoms with Gasteiger partial charge in [-0.25, -0.2) is 14.4 Å². The highest BCUT2D eigenvalue weighted by Gasteiger charge is 2.08. The molecule has 1 rings (SSSR count). The molecule has 0 aliphatic heterocycles. The van der Waals surface area contributed by atoms with Gasteiger partial charge in [-0.2, -0.15) is 0 Å². The van der Waals surface area contributed by atoms with Gasteiger partial charge in [-0.05, 0) is 6.92 Å². The zero-order chi connectivity index (χ0) is 12.0. The van der Waals surface area contributed by atoms with E-state index in [1.165, 1.54) is 0 Å². The number of aryl methyl sites for hydroxylation is 1. The molecule has 0 fully saturated rings. The Morgan fingerprint density at radius 2 is 2.00 bits per heavy atom. The summed E-state index contributed by atoms with van der Waals surface area (Å²) in [5.74, 6) is -0.0768. The fourth-order valence-corrected chi connectivity index (χ4v) is 1.33. The third-order valence-corrected chi connectivity index (χ3v) is 2.17. The molecule has 0 spiro atoms. The maximum Gasteiger partial charge on any atom is 0.181 e. The molecule has 0 atom stereocenters.